The van der Waals surface area contributed by atoms with E-state index in [-0.39, 0.29) is 0 Å². The van der Waals surface area contributed by atoms with Gasteiger partial charge in [0.2, 0.25) is 0 Å². The summed E-state index contributed by atoms with van der Waals surface area (Å²) in [7, 11) is 1.63. The molecule has 0 unspecified atom stereocenters. The molecule has 0 spiro atoms. The molecule has 0 rings (SSSR count). The van der Waals surface area contributed by atoms with Crippen molar-refractivity contribution in [2.75, 3.05) is 7.11 Å². The first-order chi connectivity index (χ1) is 5.11. The molecule has 0 aliphatic heterocycles. The third-order valence-corrected chi connectivity index (χ3v) is 1.47. The van der Waals surface area contributed by atoms with Crippen molar-refractivity contribution in [1.82, 2.24) is 0 Å². The Morgan fingerprint density at radius 1 is 1.55 bits per heavy atom. The smallest absolute Gasteiger partial charge is 0.187 e. The second-order valence-electron chi connectivity index (χ2n) is 2.71. The molecule has 64 valence electrons. The summed E-state index contributed by atoms with van der Waals surface area (Å²) in [6, 6.07) is 0. The molecule has 2 nitrogen and oxygen atoms in total. The van der Waals surface area contributed by atoms with E-state index < -0.39 is 0 Å². The number of hydrogen-bond donors (Lipinski definition) is 0. The molecular weight excluding hydrogens is 138 g/mol. The topological polar surface area (TPSA) is 21.6 Å². The van der Waals surface area contributed by atoms with Crippen LogP contribution in [0, 0.1) is 5.92 Å². The molecule has 2 heteroatoms. The molecule has 0 bridgehead atoms. The number of nitrogens with zero attached hydrogens (tertiary/aromatic N) is 1. The van der Waals surface area contributed by atoms with Crippen LogP contribution >= 0.6 is 0 Å². The minimum absolute atomic E-state index is 0.395. The highest BCUT2D eigenvalue weighted by molar-refractivity contribution is 5.76. The maximum Gasteiger partial charge on any atom is 0.187 e. The summed E-state index contributed by atoms with van der Waals surface area (Å²) in [6.45, 7) is 9.96. The van der Waals surface area contributed by atoms with Crippen LogP contribution in [0.1, 0.15) is 27.2 Å². The molecular formula is C9H17NO. The zero-order valence-corrected chi connectivity index (χ0v) is 7.85. The first-order valence-corrected chi connectivity index (χ1v) is 3.92. The lowest BCUT2D eigenvalue weighted by molar-refractivity contribution is 0.391. The molecule has 0 saturated heterocycles. The number of hydrogen-bond acceptors (Lipinski definition) is 2. The first-order valence-electron chi connectivity index (χ1n) is 3.92. The second kappa shape index (κ2) is 4.94. The molecule has 11 heavy (non-hydrogen) atoms. The van der Waals surface area contributed by atoms with Crippen LogP contribution in [0.5, 0.6) is 0 Å². The number of allylic oxidation sites excluding steroid dienone is 1. The highest BCUT2D eigenvalue weighted by Crippen LogP contribution is 2.08. The quantitative estimate of drug-likeness (QED) is 0.453. The fraction of sp³-hybridized carbons (Fsp3) is 0.667. The van der Waals surface area contributed by atoms with E-state index in [9.17, 15) is 0 Å². The zero-order valence-electron chi connectivity index (χ0n) is 7.85. The minimum Gasteiger partial charge on any atom is -0.484 e. The van der Waals surface area contributed by atoms with Gasteiger partial charge >= 0.3 is 0 Å². The van der Waals surface area contributed by atoms with Gasteiger partial charge in [0.15, 0.2) is 5.90 Å². The summed E-state index contributed by atoms with van der Waals surface area (Å²) in [5.74, 6) is 1.15. The third-order valence-electron chi connectivity index (χ3n) is 1.47. The van der Waals surface area contributed by atoms with Crippen molar-refractivity contribution in [3.8, 4) is 0 Å². The number of rotatable bonds is 3. The fourth-order valence-corrected chi connectivity index (χ4v) is 0.558. The Morgan fingerprint density at radius 2 is 2.09 bits per heavy atom. The Kier molecular flexibility index (Phi) is 4.59. The van der Waals surface area contributed by atoms with Crippen LogP contribution in [0.25, 0.3) is 0 Å². The molecule has 0 aromatic heterocycles. The maximum atomic E-state index is 5.01. The Bertz CT molecular complexity index is 153. The van der Waals surface area contributed by atoms with Gasteiger partial charge in [-0.2, -0.15) is 0 Å². The lowest BCUT2D eigenvalue weighted by Gasteiger charge is -2.06. The molecule has 0 aromatic rings. The van der Waals surface area contributed by atoms with Crippen LogP contribution in [-0.4, -0.2) is 13.0 Å². The van der Waals surface area contributed by atoms with Gasteiger partial charge < -0.3 is 4.74 Å². The average Bonchev–Trinajstić information content (AvgIpc) is 1.99. The summed E-state index contributed by atoms with van der Waals surface area (Å²) in [4.78, 5) is 4.21. The predicted octanol–water partition coefficient (Wildman–Crippen LogP) is 2.61. The van der Waals surface area contributed by atoms with Crippen LogP contribution in [0.4, 0.5) is 0 Å². The first kappa shape index (κ1) is 10.2. The van der Waals surface area contributed by atoms with E-state index in [0.29, 0.717) is 5.92 Å². The van der Waals surface area contributed by atoms with Gasteiger partial charge in [-0.15, -0.1) is 0 Å². The van der Waals surface area contributed by atoms with Gasteiger partial charge in [-0.05, 0) is 5.92 Å². The SMILES string of the molecule is C=C(N=C(CC)OC)C(C)C. The number of aliphatic imine (C=N–C) groups is 1. The van der Waals surface area contributed by atoms with Gasteiger partial charge in [0.05, 0.1) is 7.11 Å². The van der Waals surface area contributed by atoms with Crippen LogP contribution in [0.3, 0.4) is 0 Å². The van der Waals surface area contributed by atoms with Crippen molar-refractivity contribution in [2.24, 2.45) is 10.9 Å². The molecule has 0 atom stereocenters. The fourth-order valence-electron chi connectivity index (χ4n) is 0.558. The van der Waals surface area contributed by atoms with Gasteiger partial charge in [-0.1, -0.05) is 27.4 Å². The zero-order chi connectivity index (χ0) is 8.85. The van der Waals surface area contributed by atoms with E-state index in [2.05, 4.69) is 25.4 Å². The summed E-state index contributed by atoms with van der Waals surface area (Å²) in [5.41, 5.74) is 0.878. The normalized spacial score (nSPS) is 11.9. The van der Waals surface area contributed by atoms with E-state index in [1.165, 1.54) is 0 Å². The molecule has 0 aromatic carbocycles. The molecule has 0 N–H and O–H groups in total. The Balaban J connectivity index is 4.15. The summed E-state index contributed by atoms with van der Waals surface area (Å²) < 4.78 is 5.01. The van der Waals surface area contributed by atoms with E-state index in [4.69, 9.17) is 4.74 Å². The molecule has 0 amide bonds. The highest BCUT2D eigenvalue weighted by Gasteiger charge is 1.99. The van der Waals surface area contributed by atoms with Crippen molar-refractivity contribution in [2.45, 2.75) is 27.2 Å². The summed E-state index contributed by atoms with van der Waals surface area (Å²) in [6.07, 6.45) is 0.822. The Labute approximate surface area is 69.0 Å². The van der Waals surface area contributed by atoms with Gasteiger partial charge in [0.25, 0.3) is 0 Å². The Morgan fingerprint density at radius 3 is 2.36 bits per heavy atom. The number of ether oxygens (including phenoxy) is 1. The van der Waals surface area contributed by atoms with Crippen LogP contribution in [0.15, 0.2) is 17.3 Å². The van der Waals surface area contributed by atoms with Crippen molar-refractivity contribution in [3.05, 3.63) is 12.3 Å². The molecule has 0 saturated carbocycles. The molecule has 0 aliphatic rings. The Hall–Kier alpha value is -0.790. The minimum atomic E-state index is 0.395. The van der Waals surface area contributed by atoms with Gasteiger partial charge in [-0.3, -0.25) is 0 Å². The van der Waals surface area contributed by atoms with E-state index >= 15 is 0 Å². The van der Waals surface area contributed by atoms with E-state index in [1.807, 2.05) is 6.92 Å². The van der Waals surface area contributed by atoms with Crippen LogP contribution in [-0.2, 0) is 4.74 Å². The van der Waals surface area contributed by atoms with Gasteiger partial charge in [0, 0.05) is 12.1 Å². The largest absolute Gasteiger partial charge is 0.484 e. The monoisotopic (exact) mass is 155 g/mol. The van der Waals surface area contributed by atoms with Crippen molar-refractivity contribution in [1.29, 1.82) is 0 Å². The molecule has 0 fully saturated rings. The lowest BCUT2D eigenvalue weighted by Crippen LogP contribution is -2.01. The van der Waals surface area contributed by atoms with Crippen molar-refractivity contribution >= 4 is 5.90 Å². The summed E-state index contributed by atoms with van der Waals surface area (Å²) in [5, 5.41) is 0. The van der Waals surface area contributed by atoms with Crippen molar-refractivity contribution < 1.29 is 4.74 Å². The van der Waals surface area contributed by atoms with E-state index in [1.54, 1.807) is 7.11 Å². The van der Waals surface area contributed by atoms with Gasteiger partial charge in [-0.25, -0.2) is 4.99 Å². The molecule has 0 aliphatic carbocycles. The highest BCUT2D eigenvalue weighted by atomic mass is 16.5. The molecule has 0 radical (unpaired) electrons. The van der Waals surface area contributed by atoms with Gasteiger partial charge in [0.1, 0.15) is 0 Å². The maximum absolute atomic E-state index is 5.01. The predicted molar refractivity (Wildman–Crippen MR) is 48.7 cm³/mol. The van der Waals surface area contributed by atoms with Crippen LogP contribution < -0.4 is 0 Å². The average molecular weight is 155 g/mol. The molecule has 0 heterocycles. The van der Waals surface area contributed by atoms with E-state index in [0.717, 1.165) is 18.0 Å². The van der Waals surface area contributed by atoms with Crippen LogP contribution in [0.2, 0.25) is 0 Å². The summed E-state index contributed by atoms with van der Waals surface area (Å²) >= 11 is 0. The van der Waals surface area contributed by atoms with Crippen molar-refractivity contribution in [3.63, 3.8) is 0 Å². The lowest BCUT2D eigenvalue weighted by atomic mass is 10.2. The second-order valence-corrected chi connectivity index (χ2v) is 2.71. The third kappa shape index (κ3) is 3.81. The number of methoxy groups -OCH3 is 1. The standard InChI is InChI=1S/C9H17NO/c1-6-9(11-5)10-8(4)7(2)3/h7H,4,6H2,1-3,5H3.